The molecule has 0 unspecified atom stereocenters. The van der Waals surface area contributed by atoms with Crippen LogP contribution in [-0.4, -0.2) is 61.9 Å². The number of hydrogen-bond acceptors (Lipinski definition) is 5. The van der Waals surface area contributed by atoms with Gasteiger partial charge in [0.25, 0.3) is 0 Å². The first kappa shape index (κ1) is 21.2. The zero-order valence-electron chi connectivity index (χ0n) is 17.4. The van der Waals surface area contributed by atoms with Crippen LogP contribution in [0.1, 0.15) is 44.2 Å². The lowest BCUT2D eigenvalue weighted by atomic mass is 9.85. The Labute approximate surface area is 179 Å². The second-order valence-electron chi connectivity index (χ2n) is 8.42. The Bertz CT molecular complexity index is 935. The van der Waals surface area contributed by atoms with Gasteiger partial charge in [-0.15, -0.1) is 0 Å². The van der Waals surface area contributed by atoms with E-state index >= 15 is 0 Å². The molecule has 9 nitrogen and oxygen atoms in total. The van der Waals surface area contributed by atoms with Crippen molar-refractivity contribution in [3.05, 3.63) is 42.1 Å². The third-order valence-corrected chi connectivity index (χ3v) is 6.15. The van der Waals surface area contributed by atoms with Crippen LogP contribution in [0.4, 0.5) is 9.18 Å². The van der Waals surface area contributed by atoms with E-state index < -0.39 is 17.4 Å². The minimum atomic E-state index is -0.951. The highest BCUT2D eigenvalue weighted by Gasteiger charge is 2.43. The monoisotopic (exact) mass is 430 g/mol. The zero-order valence-corrected chi connectivity index (χ0v) is 17.4. The number of rotatable bonds is 7. The fraction of sp³-hybridized carbons (Fsp3) is 0.524. The summed E-state index contributed by atoms with van der Waals surface area (Å²) < 4.78 is 14.5. The molecule has 2 aromatic heterocycles. The second-order valence-corrected chi connectivity index (χ2v) is 8.42. The molecule has 2 aromatic rings. The highest BCUT2D eigenvalue weighted by Crippen LogP contribution is 2.31. The number of carbonyl (C=O) groups excluding carboxylic acids is 1. The molecule has 3 N–H and O–H groups in total. The van der Waals surface area contributed by atoms with Gasteiger partial charge in [0.05, 0.1) is 18.4 Å². The third kappa shape index (κ3) is 4.84. The summed E-state index contributed by atoms with van der Waals surface area (Å²) in [4.78, 5) is 30.2. The highest BCUT2D eigenvalue weighted by atomic mass is 19.1. The van der Waals surface area contributed by atoms with E-state index in [2.05, 4.69) is 20.7 Å². The van der Waals surface area contributed by atoms with Gasteiger partial charge in [-0.05, 0) is 56.7 Å². The van der Waals surface area contributed by atoms with Crippen LogP contribution < -0.4 is 10.6 Å². The Kier molecular flexibility index (Phi) is 5.90. The number of carboxylic acid groups (broad SMARTS) is 1. The van der Waals surface area contributed by atoms with Crippen LogP contribution in [0.5, 0.6) is 0 Å². The van der Waals surface area contributed by atoms with Gasteiger partial charge in [-0.2, -0.15) is 5.10 Å². The van der Waals surface area contributed by atoms with Crippen LogP contribution in [0.25, 0.3) is 5.82 Å². The topological polar surface area (TPSA) is 112 Å². The highest BCUT2D eigenvalue weighted by molar-refractivity contribution is 5.87. The summed E-state index contributed by atoms with van der Waals surface area (Å²) in [7, 11) is 0. The molecule has 0 bridgehead atoms. The number of amides is 2. The van der Waals surface area contributed by atoms with Gasteiger partial charge in [-0.3, -0.25) is 4.79 Å². The van der Waals surface area contributed by atoms with E-state index in [-0.39, 0.29) is 11.9 Å². The van der Waals surface area contributed by atoms with Crippen molar-refractivity contribution in [2.75, 3.05) is 19.6 Å². The number of aromatic nitrogens is 3. The van der Waals surface area contributed by atoms with Gasteiger partial charge in [0, 0.05) is 19.3 Å². The van der Waals surface area contributed by atoms with Gasteiger partial charge in [0.15, 0.2) is 11.6 Å². The Hall–Kier alpha value is -3.01. The van der Waals surface area contributed by atoms with Crippen molar-refractivity contribution in [1.82, 2.24) is 30.3 Å². The van der Waals surface area contributed by atoms with Crippen molar-refractivity contribution in [2.24, 2.45) is 5.92 Å². The number of hydrogen-bond donors (Lipinski definition) is 3. The predicted octanol–water partition coefficient (Wildman–Crippen LogP) is 2.10. The summed E-state index contributed by atoms with van der Waals surface area (Å²) in [6, 6.07) is 3.25. The molecule has 31 heavy (non-hydrogen) atoms. The lowest BCUT2D eigenvalue weighted by molar-refractivity contribution is -0.130. The van der Waals surface area contributed by atoms with Crippen LogP contribution in [0.3, 0.4) is 0 Å². The van der Waals surface area contributed by atoms with Crippen molar-refractivity contribution < 1.29 is 19.1 Å². The molecular formula is C21H27FN6O3. The van der Waals surface area contributed by atoms with Crippen molar-refractivity contribution >= 4 is 12.0 Å². The summed E-state index contributed by atoms with van der Waals surface area (Å²) in [5.74, 6) is 0.520. The molecule has 166 valence electrons. The average Bonchev–Trinajstić information content (AvgIpc) is 3.51. The number of nitrogens with zero attached hydrogens (tertiary/aromatic N) is 4. The van der Waals surface area contributed by atoms with Gasteiger partial charge in [0.1, 0.15) is 5.54 Å². The van der Waals surface area contributed by atoms with Crippen molar-refractivity contribution in [3.63, 3.8) is 0 Å². The molecule has 3 heterocycles. The van der Waals surface area contributed by atoms with E-state index in [0.29, 0.717) is 37.7 Å². The smallest absolute Gasteiger partial charge is 0.407 e. The van der Waals surface area contributed by atoms with Gasteiger partial charge in [-0.1, -0.05) is 6.07 Å². The number of nitrogens with one attached hydrogen (secondary N) is 2. The normalized spacial score (nSPS) is 19.1. The van der Waals surface area contributed by atoms with Gasteiger partial charge in [0.2, 0.25) is 5.91 Å². The molecule has 2 fully saturated rings. The van der Waals surface area contributed by atoms with Crippen molar-refractivity contribution in [1.29, 1.82) is 0 Å². The van der Waals surface area contributed by atoms with Crippen LogP contribution in [0.15, 0.2) is 30.7 Å². The van der Waals surface area contributed by atoms with Crippen molar-refractivity contribution in [3.8, 4) is 5.82 Å². The number of piperidine rings is 1. The van der Waals surface area contributed by atoms with E-state index in [0.717, 1.165) is 18.3 Å². The SMILES string of the molecule is C[C@H](NC(=O)C1(NCC2CC2)CCN(C(=O)O)CC1)c1ccc(-n2cc(F)cn2)nc1. The maximum absolute atomic E-state index is 13.3. The number of carbonyl (C=O) groups is 2. The number of likely N-dealkylation sites (tertiary alicyclic amines) is 1. The molecule has 1 aliphatic heterocycles. The first-order valence-electron chi connectivity index (χ1n) is 10.6. The van der Waals surface area contributed by atoms with Gasteiger partial charge < -0.3 is 20.6 Å². The first-order chi connectivity index (χ1) is 14.9. The lowest BCUT2D eigenvalue weighted by Crippen LogP contribution is -2.62. The first-order valence-corrected chi connectivity index (χ1v) is 10.6. The Morgan fingerprint density at radius 3 is 2.58 bits per heavy atom. The van der Waals surface area contributed by atoms with E-state index in [1.54, 1.807) is 12.3 Å². The maximum Gasteiger partial charge on any atom is 0.407 e. The van der Waals surface area contributed by atoms with Crippen LogP contribution in [-0.2, 0) is 4.79 Å². The van der Waals surface area contributed by atoms with Gasteiger partial charge in [-0.25, -0.2) is 18.9 Å². The molecule has 4 rings (SSSR count). The summed E-state index contributed by atoms with van der Waals surface area (Å²) in [5, 5.41) is 19.7. The predicted molar refractivity (Wildman–Crippen MR) is 110 cm³/mol. The third-order valence-electron chi connectivity index (χ3n) is 6.15. The largest absolute Gasteiger partial charge is 0.465 e. The Morgan fingerprint density at radius 1 is 1.29 bits per heavy atom. The van der Waals surface area contributed by atoms with E-state index in [1.807, 2.05) is 13.0 Å². The lowest BCUT2D eigenvalue weighted by Gasteiger charge is -2.41. The second kappa shape index (κ2) is 8.62. The maximum atomic E-state index is 13.3. The van der Waals surface area contributed by atoms with E-state index in [9.17, 15) is 19.1 Å². The fourth-order valence-corrected chi connectivity index (χ4v) is 3.86. The molecule has 2 aliphatic rings. The quantitative estimate of drug-likeness (QED) is 0.620. The molecule has 0 aromatic carbocycles. The molecule has 1 saturated heterocycles. The molecule has 2 amide bonds. The molecule has 0 radical (unpaired) electrons. The Balaban J connectivity index is 1.42. The zero-order chi connectivity index (χ0) is 22.0. The molecule has 1 atom stereocenters. The van der Waals surface area contributed by atoms with Crippen LogP contribution in [0.2, 0.25) is 0 Å². The van der Waals surface area contributed by atoms with Crippen LogP contribution >= 0.6 is 0 Å². The molecule has 1 aliphatic carbocycles. The number of pyridine rings is 1. The van der Waals surface area contributed by atoms with Crippen molar-refractivity contribution in [2.45, 2.75) is 44.2 Å². The Morgan fingerprint density at radius 2 is 2.03 bits per heavy atom. The molecule has 1 saturated carbocycles. The summed E-state index contributed by atoms with van der Waals surface area (Å²) in [6.45, 7) is 3.30. The molecular weight excluding hydrogens is 403 g/mol. The standard InChI is InChI=1S/C21H27FN6O3/c1-14(16-4-5-18(23-11-16)28-13-17(22)12-25-28)26-19(29)21(24-10-15-2-3-15)6-8-27(9-7-21)20(30)31/h4-5,11-15,24H,2-3,6-10H2,1H3,(H,26,29)(H,30,31)/t14-/m0/s1. The fourth-order valence-electron chi connectivity index (χ4n) is 3.86. The van der Waals surface area contributed by atoms with E-state index in [4.69, 9.17) is 0 Å². The minimum Gasteiger partial charge on any atom is -0.465 e. The minimum absolute atomic E-state index is 0.121. The number of halogens is 1. The summed E-state index contributed by atoms with van der Waals surface area (Å²) in [5.41, 5.74) is 0.0352. The molecule has 10 heteroatoms. The molecule has 0 spiro atoms. The average molecular weight is 430 g/mol. The van der Waals surface area contributed by atoms with Crippen LogP contribution in [0, 0.1) is 11.7 Å². The van der Waals surface area contributed by atoms with Gasteiger partial charge >= 0.3 is 6.09 Å². The van der Waals surface area contributed by atoms with E-state index in [1.165, 1.54) is 28.6 Å². The summed E-state index contributed by atoms with van der Waals surface area (Å²) >= 11 is 0. The summed E-state index contributed by atoms with van der Waals surface area (Å²) in [6.07, 6.45) is 6.25.